The summed E-state index contributed by atoms with van der Waals surface area (Å²) in [6, 6.07) is 11.1. The topological polar surface area (TPSA) is 75.4 Å². The summed E-state index contributed by atoms with van der Waals surface area (Å²) in [5.41, 5.74) is 1.54. The van der Waals surface area contributed by atoms with Gasteiger partial charge in [0.15, 0.2) is 5.43 Å². The molecule has 0 fully saturated rings. The summed E-state index contributed by atoms with van der Waals surface area (Å²) in [4.78, 5) is 16.1. The van der Waals surface area contributed by atoms with E-state index in [1.54, 1.807) is 0 Å². The Hall–Kier alpha value is -2.57. The highest BCUT2D eigenvalue weighted by Gasteiger charge is 2.08. The molecule has 6 heteroatoms. The molecule has 3 aromatic rings. The Bertz CT molecular complexity index is 879. The number of aromatic amines is 1. The van der Waals surface area contributed by atoms with E-state index in [4.69, 9.17) is 9.47 Å². The first kappa shape index (κ1) is 19.2. The molecule has 1 heterocycles. The van der Waals surface area contributed by atoms with E-state index in [1.807, 2.05) is 36.4 Å². The Morgan fingerprint density at radius 2 is 1.30 bits per heavy atom. The van der Waals surface area contributed by atoms with Crippen molar-refractivity contribution >= 4 is 21.8 Å². The van der Waals surface area contributed by atoms with E-state index in [2.05, 4.69) is 29.5 Å². The van der Waals surface area contributed by atoms with Crippen molar-refractivity contribution < 1.29 is 9.47 Å². The number of pyridine rings is 1. The van der Waals surface area contributed by atoms with Gasteiger partial charge in [0.1, 0.15) is 24.7 Å². The Balaban J connectivity index is 1.85. The van der Waals surface area contributed by atoms with Crippen molar-refractivity contribution in [1.82, 2.24) is 15.6 Å². The molecule has 0 saturated carbocycles. The second kappa shape index (κ2) is 9.39. The summed E-state index contributed by atoms with van der Waals surface area (Å²) in [5, 5.41) is 7.75. The van der Waals surface area contributed by atoms with Gasteiger partial charge in [0.05, 0.1) is 11.0 Å². The van der Waals surface area contributed by atoms with Crippen LogP contribution in [0.4, 0.5) is 0 Å². The molecule has 2 aromatic carbocycles. The molecule has 0 atom stereocenters. The smallest absolute Gasteiger partial charge is 0.197 e. The normalized spacial score (nSPS) is 11.2. The summed E-state index contributed by atoms with van der Waals surface area (Å²) in [7, 11) is 0. The van der Waals surface area contributed by atoms with Gasteiger partial charge in [-0.2, -0.15) is 0 Å². The first-order chi connectivity index (χ1) is 13.2. The maximum Gasteiger partial charge on any atom is 0.197 e. The molecule has 0 spiro atoms. The van der Waals surface area contributed by atoms with Gasteiger partial charge in [-0.25, -0.2) is 0 Å². The number of benzene rings is 2. The molecule has 3 N–H and O–H groups in total. The molecule has 0 amide bonds. The SMILES string of the molecule is CCNCCOc1ccc2c(=O)c3ccc(OCCNCC)cc3[nH]c2c1. The predicted molar refractivity (Wildman–Crippen MR) is 110 cm³/mol. The van der Waals surface area contributed by atoms with Crippen molar-refractivity contribution in [3.63, 3.8) is 0 Å². The van der Waals surface area contributed by atoms with Crippen LogP contribution in [0.15, 0.2) is 41.2 Å². The first-order valence-electron chi connectivity index (χ1n) is 9.49. The molecule has 0 radical (unpaired) electrons. The van der Waals surface area contributed by atoms with E-state index in [-0.39, 0.29) is 5.43 Å². The number of fused-ring (bicyclic) bond motifs is 2. The number of nitrogens with one attached hydrogen (secondary N) is 3. The van der Waals surface area contributed by atoms with Crippen molar-refractivity contribution in [1.29, 1.82) is 0 Å². The standard InChI is InChI=1S/C21H27N3O3/c1-3-22-9-11-26-15-5-7-17-19(13-15)24-20-14-16(27-12-10-23-4-2)6-8-18(20)21(17)25/h5-8,13-14,22-23H,3-4,9-12H2,1-2H3,(H,24,25). The molecule has 144 valence electrons. The fraction of sp³-hybridized carbons (Fsp3) is 0.381. The average Bonchev–Trinajstić information content (AvgIpc) is 2.68. The summed E-state index contributed by atoms with van der Waals surface area (Å²) >= 11 is 0. The Morgan fingerprint density at radius 3 is 1.74 bits per heavy atom. The fourth-order valence-corrected chi connectivity index (χ4v) is 2.95. The molecule has 0 aliphatic rings. The van der Waals surface area contributed by atoms with E-state index in [0.717, 1.165) is 48.7 Å². The minimum Gasteiger partial charge on any atom is -0.492 e. The number of likely N-dealkylation sites (N-methyl/N-ethyl adjacent to an activating group) is 2. The van der Waals surface area contributed by atoms with Gasteiger partial charge in [0.2, 0.25) is 0 Å². The molecule has 0 aliphatic heterocycles. The van der Waals surface area contributed by atoms with Crippen LogP contribution in [0.3, 0.4) is 0 Å². The number of hydrogen-bond acceptors (Lipinski definition) is 5. The zero-order valence-corrected chi connectivity index (χ0v) is 15.9. The second-order valence-corrected chi connectivity index (χ2v) is 6.27. The third-order valence-corrected chi connectivity index (χ3v) is 4.34. The Kier molecular flexibility index (Phi) is 6.68. The summed E-state index contributed by atoms with van der Waals surface area (Å²) in [6.07, 6.45) is 0. The fourth-order valence-electron chi connectivity index (χ4n) is 2.95. The second-order valence-electron chi connectivity index (χ2n) is 6.27. The lowest BCUT2D eigenvalue weighted by molar-refractivity contribution is 0.316. The van der Waals surface area contributed by atoms with Crippen molar-refractivity contribution in [2.75, 3.05) is 39.4 Å². The lowest BCUT2D eigenvalue weighted by Gasteiger charge is -2.10. The third-order valence-electron chi connectivity index (χ3n) is 4.34. The van der Waals surface area contributed by atoms with Gasteiger partial charge >= 0.3 is 0 Å². The van der Waals surface area contributed by atoms with Crippen LogP contribution in [0.2, 0.25) is 0 Å². The molecule has 6 nitrogen and oxygen atoms in total. The van der Waals surface area contributed by atoms with Crippen molar-refractivity contribution in [2.24, 2.45) is 0 Å². The van der Waals surface area contributed by atoms with Gasteiger partial charge in [-0.05, 0) is 37.4 Å². The van der Waals surface area contributed by atoms with Gasteiger partial charge in [0, 0.05) is 36.0 Å². The first-order valence-corrected chi connectivity index (χ1v) is 9.49. The van der Waals surface area contributed by atoms with Crippen LogP contribution in [-0.2, 0) is 0 Å². The van der Waals surface area contributed by atoms with E-state index < -0.39 is 0 Å². The zero-order chi connectivity index (χ0) is 19.1. The zero-order valence-electron chi connectivity index (χ0n) is 15.9. The number of rotatable bonds is 10. The highest BCUT2D eigenvalue weighted by atomic mass is 16.5. The third kappa shape index (κ3) is 4.78. The van der Waals surface area contributed by atoms with Crippen molar-refractivity contribution in [2.45, 2.75) is 13.8 Å². The molecule has 0 bridgehead atoms. The van der Waals surface area contributed by atoms with Gasteiger partial charge in [0.25, 0.3) is 0 Å². The molecule has 1 aromatic heterocycles. The van der Waals surface area contributed by atoms with Crippen LogP contribution in [0.1, 0.15) is 13.8 Å². The van der Waals surface area contributed by atoms with Crippen LogP contribution in [0.5, 0.6) is 11.5 Å². The summed E-state index contributed by atoms with van der Waals surface area (Å²) < 4.78 is 11.5. The average molecular weight is 369 g/mol. The van der Waals surface area contributed by atoms with Crippen LogP contribution in [0.25, 0.3) is 21.8 Å². The van der Waals surface area contributed by atoms with Crippen LogP contribution < -0.4 is 25.5 Å². The van der Waals surface area contributed by atoms with Crippen LogP contribution in [0, 0.1) is 0 Å². The quantitative estimate of drug-likeness (QED) is 0.378. The largest absolute Gasteiger partial charge is 0.492 e. The lowest BCUT2D eigenvalue weighted by Crippen LogP contribution is -2.20. The minimum atomic E-state index is 0.0112. The molecule has 27 heavy (non-hydrogen) atoms. The number of hydrogen-bond donors (Lipinski definition) is 3. The molecular weight excluding hydrogens is 342 g/mol. The summed E-state index contributed by atoms with van der Waals surface area (Å²) in [5.74, 6) is 1.49. The highest BCUT2D eigenvalue weighted by molar-refractivity contribution is 5.93. The van der Waals surface area contributed by atoms with Gasteiger partial charge in [-0.15, -0.1) is 0 Å². The number of aromatic nitrogens is 1. The number of H-pyrrole nitrogens is 1. The minimum absolute atomic E-state index is 0.0112. The van der Waals surface area contributed by atoms with Crippen LogP contribution in [-0.4, -0.2) is 44.4 Å². The van der Waals surface area contributed by atoms with E-state index in [9.17, 15) is 4.79 Å². The monoisotopic (exact) mass is 369 g/mol. The maximum atomic E-state index is 12.8. The Labute approximate surface area is 158 Å². The van der Waals surface area contributed by atoms with Gasteiger partial charge in [-0.1, -0.05) is 13.8 Å². The van der Waals surface area contributed by atoms with Gasteiger partial charge in [-0.3, -0.25) is 4.79 Å². The van der Waals surface area contributed by atoms with E-state index in [0.29, 0.717) is 24.0 Å². The van der Waals surface area contributed by atoms with Crippen LogP contribution >= 0.6 is 0 Å². The Morgan fingerprint density at radius 1 is 0.815 bits per heavy atom. The van der Waals surface area contributed by atoms with E-state index in [1.165, 1.54) is 0 Å². The number of ether oxygens (including phenoxy) is 2. The van der Waals surface area contributed by atoms with Crippen molar-refractivity contribution in [3.05, 3.63) is 46.6 Å². The summed E-state index contributed by atoms with van der Waals surface area (Å²) in [6.45, 7) is 8.70. The predicted octanol–water partition coefficient (Wildman–Crippen LogP) is 2.66. The maximum absolute atomic E-state index is 12.8. The molecule has 0 unspecified atom stereocenters. The molecule has 3 rings (SSSR count). The van der Waals surface area contributed by atoms with E-state index >= 15 is 0 Å². The highest BCUT2D eigenvalue weighted by Crippen LogP contribution is 2.22. The van der Waals surface area contributed by atoms with Crippen molar-refractivity contribution in [3.8, 4) is 11.5 Å². The molecule has 0 aliphatic carbocycles. The molecular formula is C21H27N3O3. The lowest BCUT2D eigenvalue weighted by atomic mass is 10.1. The molecule has 0 saturated heterocycles. The van der Waals surface area contributed by atoms with Gasteiger partial charge < -0.3 is 25.1 Å².